The molecule has 0 unspecified atom stereocenters. The molecule has 0 aliphatic heterocycles. The third-order valence-corrected chi connectivity index (χ3v) is 5.03. The number of esters is 1. The molecule has 0 saturated carbocycles. The number of nitrogens with zero attached hydrogens (tertiary/aromatic N) is 1. The summed E-state index contributed by atoms with van der Waals surface area (Å²) in [5, 5.41) is 12.9. The summed E-state index contributed by atoms with van der Waals surface area (Å²) < 4.78 is 11.7. The van der Waals surface area contributed by atoms with Gasteiger partial charge in [0.2, 0.25) is 0 Å². The lowest BCUT2D eigenvalue weighted by molar-refractivity contribution is 0.0471. The van der Waals surface area contributed by atoms with Gasteiger partial charge in [-0.1, -0.05) is 30.3 Å². The lowest BCUT2D eigenvalue weighted by Gasteiger charge is -2.19. The molecule has 0 fully saturated rings. The van der Waals surface area contributed by atoms with Crippen molar-refractivity contribution in [2.75, 3.05) is 12.4 Å². The van der Waals surface area contributed by atoms with Crippen LogP contribution in [0.5, 0.6) is 0 Å². The molecule has 9 nitrogen and oxygen atoms in total. The van der Waals surface area contributed by atoms with Crippen molar-refractivity contribution in [3.05, 3.63) is 70.9 Å². The summed E-state index contributed by atoms with van der Waals surface area (Å²) in [4.78, 5) is 36.4. The van der Waals surface area contributed by atoms with Gasteiger partial charge in [-0.25, -0.2) is 14.4 Å². The van der Waals surface area contributed by atoms with E-state index in [4.69, 9.17) is 15.3 Å². The summed E-state index contributed by atoms with van der Waals surface area (Å²) >= 11 is 0. The molecule has 0 radical (unpaired) electrons. The van der Waals surface area contributed by atoms with Gasteiger partial charge in [-0.3, -0.25) is 4.68 Å². The molecule has 1 aromatic heterocycles. The van der Waals surface area contributed by atoms with Gasteiger partial charge in [0.25, 0.3) is 0 Å². The first kappa shape index (κ1) is 24.6. The van der Waals surface area contributed by atoms with Crippen LogP contribution in [0.25, 0.3) is 10.9 Å². The Hall–Kier alpha value is -4.01. The molecule has 1 amide bonds. The third-order valence-electron chi connectivity index (χ3n) is 5.03. The summed E-state index contributed by atoms with van der Waals surface area (Å²) in [6, 6.07) is 14.0. The molecule has 0 spiro atoms. The highest BCUT2D eigenvalue weighted by atomic mass is 16.6. The topological polar surface area (TPSA) is 133 Å². The van der Waals surface area contributed by atoms with Crippen LogP contribution in [0.4, 0.5) is 4.79 Å². The van der Waals surface area contributed by atoms with Crippen molar-refractivity contribution in [2.45, 2.75) is 45.8 Å². The highest BCUT2D eigenvalue weighted by Gasteiger charge is 2.23. The number of hydrogen-bond acceptors (Lipinski definition) is 6. The number of benzene rings is 2. The van der Waals surface area contributed by atoms with Gasteiger partial charge in [0.05, 0.1) is 11.1 Å². The number of carboxylic acid groups (broad SMARTS) is 1. The average molecular weight is 468 g/mol. The number of hydrogen-bond donors (Lipinski definition) is 3. The second kappa shape index (κ2) is 10.3. The number of rotatable bonds is 8. The molecule has 0 saturated heterocycles. The fraction of sp³-hybridized carbons (Fsp3) is 0.320. The molecule has 0 aliphatic carbocycles. The number of nitrogens with one attached hydrogen (secondary N) is 1. The van der Waals surface area contributed by atoms with E-state index in [1.807, 2.05) is 30.3 Å². The van der Waals surface area contributed by atoms with Crippen molar-refractivity contribution in [1.29, 1.82) is 0 Å². The van der Waals surface area contributed by atoms with E-state index in [1.165, 1.54) is 0 Å². The Kier molecular flexibility index (Phi) is 7.45. The Balaban J connectivity index is 1.77. The van der Waals surface area contributed by atoms with E-state index in [9.17, 15) is 19.5 Å². The molecule has 0 bridgehead atoms. The summed E-state index contributed by atoms with van der Waals surface area (Å²) in [6.07, 6.45) is 0.220. The van der Waals surface area contributed by atoms with Gasteiger partial charge < -0.3 is 25.7 Å². The monoisotopic (exact) mass is 467 g/mol. The summed E-state index contributed by atoms with van der Waals surface area (Å²) in [7, 11) is 0. The number of nitrogen functional groups attached to an aromatic ring is 1. The number of aromatic carboxylic acids is 1. The van der Waals surface area contributed by atoms with Crippen LogP contribution in [0, 0.1) is 0 Å². The summed E-state index contributed by atoms with van der Waals surface area (Å²) in [6.45, 7) is 5.71. The smallest absolute Gasteiger partial charge is 0.407 e. The van der Waals surface area contributed by atoms with Gasteiger partial charge in [-0.15, -0.1) is 0 Å². The molecule has 180 valence electrons. The van der Waals surface area contributed by atoms with Crippen molar-refractivity contribution >= 4 is 28.9 Å². The average Bonchev–Trinajstić information content (AvgIpc) is 3.05. The maximum Gasteiger partial charge on any atom is 0.407 e. The summed E-state index contributed by atoms with van der Waals surface area (Å²) in [5.74, 6) is 4.35. The zero-order valence-electron chi connectivity index (χ0n) is 19.5. The highest BCUT2D eigenvalue weighted by Crippen LogP contribution is 2.27. The minimum Gasteiger partial charge on any atom is -0.477 e. The van der Waals surface area contributed by atoms with Gasteiger partial charge in [0, 0.05) is 11.9 Å². The Morgan fingerprint density at radius 1 is 1.09 bits per heavy atom. The van der Waals surface area contributed by atoms with Crippen molar-refractivity contribution in [3.63, 3.8) is 0 Å². The number of alkyl carbamates (subject to hydrolysis) is 1. The fourth-order valence-electron chi connectivity index (χ4n) is 3.57. The molecule has 3 rings (SSSR count). The number of nitrogens with two attached hydrogens (primary N) is 1. The van der Waals surface area contributed by atoms with Gasteiger partial charge in [0.1, 0.15) is 12.2 Å². The number of ether oxygens (including phenoxy) is 2. The van der Waals surface area contributed by atoms with Crippen LogP contribution < -0.4 is 11.2 Å². The largest absolute Gasteiger partial charge is 0.477 e. The van der Waals surface area contributed by atoms with Crippen LogP contribution in [-0.2, 0) is 22.5 Å². The third kappa shape index (κ3) is 6.06. The SMILES string of the molecule is CC(C)(C)OC(=O)NCCCc1c(C(=O)O)n(N)c2ccc(C(=O)OCc3ccccc3)cc12. The zero-order chi connectivity index (χ0) is 24.9. The number of carboxylic acids is 1. The second-order valence-electron chi connectivity index (χ2n) is 8.83. The number of fused-ring (bicyclic) bond motifs is 1. The normalized spacial score (nSPS) is 11.3. The maximum atomic E-state index is 12.6. The van der Waals surface area contributed by atoms with E-state index in [0.717, 1.165) is 10.2 Å². The molecule has 3 aromatic rings. The number of aromatic nitrogens is 1. The number of carbonyl (C=O) groups is 3. The van der Waals surface area contributed by atoms with Gasteiger partial charge in [0.15, 0.2) is 5.69 Å². The molecule has 0 atom stereocenters. The van der Waals surface area contributed by atoms with E-state index in [1.54, 1.807) is 39.0 Å². The minimum absolute atomic E-state index is 0.0675. The van der Waals surface area contributed by atoms with E-state index >= 15 is 0 Å². The molecule has 2 aromatic carbocycles. The van der Waals surface area contributed by atoms with Crippen LogP contribution >= 0.6 is 0 Å². The second-order valence-corrected chi connectivity index (χ2v) is 8.83. The lowest BCUT2D eigenvalue weighted by atomic mass is 10.0. The minimum atomic E-state index is -1.18. The zero-order valence-corrected chi connectivity index (χ0v) is 19.5. The predicted molar refractivity (Wildman–Crippen MR) is 127 cm³/mol. The first-order chi connectivity index (χ1) is 16.1. The maximum absolute atomic E-state index is 12.6. The van der Waals surface area contributed by atoms with Crippen LogP contribution in [0.1, 0.15) is 59.2 Å². The quantitative estimate of drug-likeness (QED) is 0.260. The van der Waals surface area contributed by atoms with Crippen molar-refractivity contribution in [3.8, 4) is 0 Å². The van der Waals surface area contributed by atoms with E-state index < -0.39 is 23.6 Å². The van der Waals surface area contributed by atoms with Crippen LogP contribution in [-0.4, -0.2) is 40.0 Å². The molecule has 1 heterocycles. The van der Waals surface area contributed by atoms with Gasteiger partial charge in [-0.05, 0) is 62.9 Å². The molecule has 34 heavy (non-hydrogen) atoms. The number of aryl methyl sites for hydroxylation is 1. The lowest BCUT2D eigenvalue weighted by Crippen LogP contribution is -2.33. The van der Waals surface area contributed by atoms with E-state index in [-0.39, 0.29) is 18.8 Å². The Morgan fingerprint density at radius 3 is 2.44 bits per heavy atom. The van der Waals surface area contributed by atoms with Crippen molar-refractivity contribution in [1.82, 2.24) is 9.99 Å². The van der Waals surface area contributed by atoms with Crippen LogP contribution in [0.2, 0.25) is 0 Å². The first-order valence-electron chi connectivity index (χ1n) is 10.9. The standard InChI is InChI=1S/C25H29N3O6/c1-25(2,3)34-24(32)27-13-7-10-18-19-14-17(11-12-20(19)28(26)21(18)22(29)30)23(31)33-15-16-8-5-4-6-9-16/h4-6,8-9,11-12,14H,7,10,13,15,26H2,1-3H3,(H,27,32)(H,29,30). The van der Waals surface area contributed by atoms with E-state index in [2.05, 4.69) is 5.32 Å². The summed E-state index contributed by atoms with van der Waals surface area (Å²) in [5.41, 5.74) is 1.43. The van der Waals surface area contributed by atoms with Crippen molar-refractivity contribution in [2.24, 2.45) is 0 Å². The Morgan fingerprint density at radius 2 is 1.79 bits per heavy atom. The molecular formula is C25H29N3O6. The molecular weight excluding hydrogens is 438 g/mol. The Labute approximate surface area is 197 Å². The number of carbonyl (C=O) groups excluding carboxylic acids is 2. The Bertz CT molecular complexity index is 1190. The van der Waals surface area contributed by atoms with E-state index in [0.29, 0.717) is 34.9 Å². The number of amides is 1. The highest BCUT2D eigenvalue weighted by molar-refractivity contribution is 6.01. The fourth-order valence-corrected chi connectivity index (χ4v) is 3.57. The molecule has 4 N–H and O–H groups in total. The molecule has 0 aliphatic rings. The predicted octanol–water partition coefficient (Wildman–Crippen LogP) is 3.87. The van der Waals surface area contributed by atoms with Crippen LogP contribution in [0.15, 0.2) is 48.5 Å². The molecule has 9 heteroatoms. The van der Waals surface area contributed by atoms with Gasteiger partial charge >= 0.3 is 18.0 Å². The van der Waals surface area contributed by atoms with Crippen LogP contribution in [0.3, 0.4) is 0 Å². The van der Waals surface area contributed by atoms with Gasteiger partial charge in [-0.2, -0.15) is 0 Å². The first-order valence-corrected chi connectivity index (χ1v) is 10.9. The van der Waals surface area contributed by atoms with Crippen molar-refractivity contribution < 1.29 is 29.0 Å².